The molecule has 2 aromatic heterocycles. The van der Waals surface area contributed by atoms with Crippen molar-refractivity contribution >= 4 is 52.6 Å². The fourth-order valence-corrected chi connectivity index (χ4v) is 6.57. The number of nitrogens with one attached hydrogen (secondary N) is 1. The monoisotopic (exact) mass is 506 g/mol. The van der Waals surface area contributed by atoms with Crippen LogP contribution in [0.3, 0.4) is 0 Å². The molecule has 4 heterocycles. The molecular weight excluding hydrogens is 491 g/mol. The van der Waals surface area contributed by atoms with Gasteiger partial charge >= 0.3 is 29.6 Å². The van der Waals surface area contributed by atoms with Gasteiger partial charge in [0, 0.05) is 18.6 Å². The average molecular weight is 507 g/mol. The fraction of sp³-hybridized carbons (Fsp3) is 0.467. The standard InChI is InChI=1S/C15H16N8O5S3.Na/c1-7-18-19-14(31-7)30-5-8-4-29-13-15(28-2,12(27)23(13)10(8)11(25)26)17-9(24)3-22-6-16-20-21-22;/h6,13H,3-5H2,1-2H3,(H,17,24)(H,25,26);/q;+1/p-1/t13-,15?;/m0./s1. The third kappa shape index (κ3) is 4.57. The summed E-state index contributed by atoms with van der Waals surface area (Å²) in [4.78, 5) is 38.4. The number of carbonyl (C=O) groups excluding carboxylic acids is 3. The number of nitrogens with zero attached hydrogens (tertiary/aromatic N) is 7. The molecule has 164 valence electrons. The SMILES string of the molecule is COC1(NC(=O)Cn2cnnn2)C(=O)N2C(C(=O)[O-])=C(CSc3nnc(C)s3)CS[C@H]21.[Na+]. The Kier molecular flexibility index (Phi) is 7.95. The van der Waals surface area contributed by atoms with Crippen molar-refractivity contribution in [1.29, 1.82) is 0 Å². The van der Waals surface area contributed by atoms with Gasteiger partial charge in [0.15, 0.2) is 4.34 Å². The number of ether oxygens (including phenoxy) is 1. The number of carboxylic acid groups (broad SMARTS) is 1. The molecule has 1 fully saturated rings. The number of fused-ring (bicyclic) bond motifs is 1. The molecule has 0 radical (unpaired) electrons. The van der Waals surface area contributed by atoms with E-state index in [1.807, 2.05) is 6.92 Å². The van der Waals surface area contributed by atoms with Crippen molar-refractivity contribution < 1.29 is 53.8 Å². The Bertz CT molecular complexity index is 1060. The molecule has 2 aliphatic rings. The number of aromatic nitrogens is 6. The van der Waals surface area contributed by atoms with E-state index in [4.69, 9.17) is 4.74 Å². The number of hydrogen-bond donors (Lipinski definition) is 1. The minimum absolute atomic E-state index is 0. The zero-order chi connectivity index (χ0) is 22.2. The van der Waals surface area contributed by atoms with Crippen molar-refractivity contribution in [3.05, 3.63) is 22.6 Å². The van der Waals surface area contributed by atoms with Crippen LogP contribution in [0.4, 0.5) is 0 Å². The second-order valence-electron chi connectivity index (χ2n) is 6.45. The Morgan fingerprint density at radius 1 is 1.44 bits per heavy atom. The number of carboxylic acids is 1. The summed E-state index contributed by atoms with van der Waals surface area (Å²) in [6.07, 6.45) is 1.25. The molecule has 2 aromatic rings. The number of rotatable bonds is 8. The van der Waals surface area contributed by atoms with Crippen LogP contribution in [0, 0.1) is 6.92 Å². The van der Waals surface area contributed by atoms with Crippen LogP contribution in [0.1, 0.15) is 5.01 Å². The van der Waals surface area contributed by atoms with Gasteiger partial charge in [0.25, 0.3) is 11.6 Å². The predicted molar refractivity (Wildman–Crippen MR) is 106 cm³/mol. The topological polar surface area (TPSA) is 168 Å². The first-order chi connectivity index (χ1) is 14.9. The molecule has 1 saturated heterocycles. The van der Waals surface area contributed by atoms with Crippen LogP contribution in [-0.4, -0.2) is 82.8 Å². The number of methoxy groups -OCH3 is 1. The van der Waals surface area contributed by atoms with Crippen molar-refractivity contribution in [1.82, 2.24) is 40.6 Å². The Labute approximate surface area is 216 Å². The number of hydrogen-bond acceptors (Lipinski definition) is 13. The van der Waals surface area contributed by atoms with Crippen LogP contribution < -0.4 is 40.0 Å². The predicted octanol–water partition coefficient (Wildman–Crippen LogP) is -4.99. The smallest absolute Gasteiger partial charge is 0.543 e. The van der Waals surface area contributed by atoms with E-state index in [0.717, 1.165) is 9.91 Å². The van der Waals surface area contributed by atoms with Gasteiger partial charge in [-0.1, -0.05) is 23.1 Å². The number of β-lactam (4-membered cyclic amide) rings is 1. The molecule has 0 spiro atoms. The molecule has 0 aromatic carbocycles. The third-order valence-corrected chi connectivity index (χ3v) is 7.96. The molecule has 0 saturated carbocycles. The van der Waals surface area contributed by atoms with E-state index >= 15 is 0 Å². The van der Waals surface area contributed by atoms with Crippen LogP contribution in [0.5, 0.6) is 0 Å². The first-order valence-corrected chi connectivity index (χ1v) is 11.6. The molecule has 2 aliphatic heterocycles. The maximum Gasteiger partial charge on any atom is 1.00 e. The number of aryl methyl sites for hydroxylation is 1. The summed E-state index contributed by atoms with van der Waals surface area (Å²) in [7, 11) is 1.28. The van der Waals surface area contributed by atoms with Crippen molar-refractivity contribution in [3.63, 3.8) is 0 Å². The summed E-state index contributed by atoms with van der Waals surface area (Å²) >= 11 is 4.03. The van der Waals surface area contributed by atoms with E-state index in [2.05, 4.69) is 31.0 Å². The van der Waals surface area contributed by atoms with Gasteiger partial charge in [0.05, 0.1) is 11.7 Å². The molecule has 4 rings (SSSR count). The summed E-state index contributed by atoms with van der Waals surface area (Å²) in [6, 6.07) is 0. The zero-order valence-electron chi connectivity index (χ0n) is 17.2. The Morgan fingerprint density at radius 2 is 2.22 bits per heavy atom. The number of thioether (sulfide) groups is 2. The first kappa shape index (κ1) is 25.1. The average Bonchev–Trinajstić information content (AvgIpc) is 3.40. The van der Waals surface area contributed by atoms with Gasteiger partial charge < -0.3 is 20.0 Å². The van der Waals surface area contributed by atoms with Crippen molar-refractivity contribution in [2.24, 2.45) is 0 Å². The molecule has 17 heteroatoms. The summed E-state index contributed by atoms with van der Waals surface area (Å²) in [6.45, 7) is 1.60. The van der Waals surface area contributed by atoms with Crippen LogP contribution in [0.15, 0.2) is 21.9 Å². The Balaban J connectivity index is 0.00000289. The summed E-state index contributed by atoms with van der Waals surface area (Å²) in [5, 5.41) is 32.9. The molecule has 0 bridgehead atoms. The van der Waals surface area contributed by atoms with Gasteiger partial charge in [0.1, 0.15) is 23.3 Å². The minimum Gasteiger partial charge on any atom is -0.543 e. The third-order valence-electron chi connectivity index (χ3n) is 4.52. The normalized spacial score (nSPS) is 22.1. The van der Waals surface area contributed by atoms with Gasteiger partial charge in [-0.15, -0.1) is 27.1 Å². The van der Waals surface area contributed by atoms with Crippen LogP contribution in [0.2, 0.25) is 0 Å². The van der Waals surface area contributed by atoms with Crippen LogP contribution in [-0.2, 0) is 25.7 Å². The summed E-state index contributed by atoms with van der Waals surface area (Å²) in [5.41, 5.74) is -1.37. The molecule has 13 nitrogen and oxygen atoms in total. The quantitative estimate of drug-likeness (QED) is 0.157. The molecular formula is C15H15N8NaO5S3. The maximum atomic E-state index is 13.0. The molecule has 32 heavy (non-hydrogen) atoms. The zero-order valence-corrected chi connectivity index (χ0v) is 21.6. The van der Waals surface area contributed by atoms with Crippen LogP contribution in [0.25, 0.3) is 0 Å². The van der Waals surface area contributed by atoms with E-state index < -0.39 is 28.9 Å². The van der Waals surface area contributed by atoms with Gasteiger partial charge in [0.2, 0.25) is 5.91 Å². The maximum absolute atomic E-state index is 13.0. The molecule has 2 amide bonds. The van der Waals surface area contributed by atoms with Gasteiger partial charge in [-0.25, -0.2) is 4.68 Å². The van der Waals surface area contributed by atoms with Gasteiger partial charge in [-0.2, -0.15) is 0 Å². The molecule has 1 unspecified atom stereocenters. The molecule has 1 N–H and O–H groups in total. The van der Waals surface area contributed by atoms with Crippen LogP contribution >= 0.6 is 34.9 Å². The molecule has 2 atom stereocenters. The largest absolute Gasteiger partial charge is 1.00 e. The summed E-state index contributed by atoms with van der Waals surface area (Å²) in [5.74, 6) is -2.09. The fourth-order valence-electron chi connectivity index (χ4n) is 3.17. The van der Waals surface area contributed by atoms with E-state index in [0.29, 0.717) is 21.4 Å². The van der Waals surface area contributed by atoms with E-state index in [1.165, 1.54) is 53.0 Å². The number of carbonyl (C=O) groups is 3. The van der Waals surface area contributed by atoms with Gasteiger partial charge in [-0.3, -0.25) is 14.5 Å². The Morgan fingerprint density at radius 3 is 2.81 bits per heavy atom. The minimum atomic E-state index is -1.69. The Hall–Kier alpha value is -1.56. The number of tetrazole rings is 1. The second kappa shape index (κ2) is 10.1. The second-order valence-corrected chi connectivity index (χ2v) is 9.92. The first-order valence-electron chi connectivity index (χ1n) is 8.74. The summed E-state index contributed by atoms with van der Waals surface area (Å²) < 4.78 is 7.26. The van der Waals surface area contributed by atoms with Gasteiger partial charge in [-0.05, 0) is 22.9 Å². The van der Waals surface area contributed by atoms with E-state index in [-0.39, 0.29) is 41.8 Å². The molecule has 0 aliphatic carbocycles. The van der Waals surface area contributed by atoms with E-state index in [1.54, 1.807) is 0 Å². The van der Waals surface area contributed by atoms with Crippen molar-refractivity contribution in [2.45, 2.75) is 28.9 Å². The van der Waals surface area contributed by atoms with E-state index in [9.17, 15) is 19.5 Å². The van der Waals surface area contributed by atoms with Crippen molar-refractivity contribution in [2.75, 3.05) is 18.6 Å². The number of aliphatic carboxylic acids is 1. The number of amides is 2. The van der Waals surface area contributed by atoms with Crippen molar-refractivity contribution in [3.8, 4) is 0 Å².